The zero-order valence-electron chi connectivity index (χ0n) is 24.3. The number of aromatic nitrogens is 1. The maximum absolute atomic E-state index is 15.0. The first-order chi connectivity index (χ1) is 21.2. The van der Waals surface area contributed by atoms with E-state index in [-0.39, 0.29) is 24.8 Å². The number of fused-ring (bicyclic) bond motifs is 1. The lowest BCUT2D eigenvalue weighted by Gasteiger charge is -2.38. The minimum Gasteiger partial charge on any atom is -0.444 e. The molecule has 2 aliphatic heterocycles. The molecule has 2 fully saturated rings. The van der Waals surface area contributed by atoms with Crippen LogP contribution in [0.2, 0.25) is 5.02 Å². The maximum Gasteiger partial charge on any atom is 0.407 e. The predicted octanol–water partition coefficient (Wildman–Crippen LogP) is 6.85. The maximum atomic E-state index is 15.0. The van der Waals surface area contributed by atoms with Gasteiger partial charge in [0.1, 0.15) is 10.9 Å². The minimum atomic E-state index is -1.20. The van der Waals surface area contributed by atoms with Crippen LogP contribution in [0.3, 0.4) is 0 Å². The molecule has 2 N–H and O–H groups in total. The highest BCUT2D eigenvalue weighted by molar-refractivity contribution is 9.10. The lowest BCUT2D eigenvalue weighted by molar-refractivity contribution is -0.134. The van der Waals surface area contributed by atoms with Gasteiger partial charge in [0.2, 0.25) is 11.8 Å². The van der Waals surface area contributed by atoms with Crippen molar-refractivity contribution in [2.45, 2.75) is 48.1 Å². The molecule has 8 nitrogen and oxygen atoms in total. The van der Waals surface area contributed by atoms with Crippen LogP contribution in [0.25, 0.3) is 10.9 Å². The summed E-state index contributed by atoms with van der Waals surface area (Å²) in [4.78, 5) is 48.9. The number of aromatic amines is 1. The number of benzene rings is 3. The van der Waals surface area contributed by atoms with Crippen LogP contribution < -0.4 is 5.32 Å². The van der Waals surface area contributed by atoms with Gasteiger partial charge in [-0.15, -0.1) is 11.8 Å². The summed E-state index contributed by atoms with van der Waals surface area (Å²) in [6, 6.07) is 20.9. The van der Waals surface area contributed by atoms with Crippen LogP contribution in [0.5, 0.6) is 0 Å². The molecule has 1 aromatic heterocycles. The van der Waals surface area contributed by atoms with Crippen LogP contribution in [-0.2, 0) is 20.9 Å². The van der Waals surface area contributed by atoms with Crippen molar-refractivity contribution in [3.63, 3.8) is 0 Å². The monoisotopic (exact) mass is 694 g/mol. The predicted molar refractivity (Wildman–Crippen MR) is 176 cm³/mol. The van der Waals surface area contributed by atoms with Gasteiger partial charge in [0.05, 0.1) is 19.0 Å². The van der Waals surface area contributed by atoms with Crippen LogP contribution in [0, 0.1) is 6.92 Å². The van der Waals surface area contributed by atoms with Crippen LogP contribution in [0.1, 0.15) is 35.6 Å². The molecule has 0 aliphatic carbocycles. The third-order valence-electron chi connectivity index (χ3n) is 8.32. The fourth-order valence-corrected chi connectivity index (χ4v) is 8.09. The lowest BCUT2D eigenvalue weighted by Crippen LogP contribution is -2.49. The Labute approximate surface area is 273 Å². The normalized spacial score (nSPS) is 21.7. The highest BCUT2D eigenvalue weighted by atomic mass is 79.9. The van der Waals surface area contributed by atoms with Gasteiger partial charge in [0.25, 0.3) is 0 Å². The van der Waals surface area contributed by atoms with E-state index < -0.39 is 23.0 Å². The second kappa shape index (κ2) is 12.5. The topological polar surface area (TPSA) is 94.7 Å². The van der Waals surface area contributed by atoms with Crippen molar-refractivity contribution in [2.24, 2.45) is 0 Å². The molecule has 2 aliphatic rings. The summed E-state index contributed by atoms with van der Waals surface area (Å²) in [5.41, 5.74) is 3.74. The van der Waals surface area contributed by atoms with Gasteiger partial charge >= 0.3 is 6.09 Å². The molecule has 6 rings (SSSR count). The molecule has 0 unspecified atom stereocenters. The Hall–Kier alpha value is -3.47. The van der Waals surface area contributed by atoms with E-state index in [0.29, 0.717) is 24.5 Å². The van der Waals surface area contributed by atoms with E-state index in [1.807, 2.05) is 84.8 Å². The molecule has 44 heavy (non-hydrogen) atoms. The Kier molecular flexibility index (Phi) is 8.68. The Morgan fingerprint density at radius 3 is 2.61 bits per heavy atom. The quantitative estimate of drug-likeness (QED) is 0.221. The molecular formula is C33H32BrClN4O4S. The SMILES string of the molecule is CNC(=O)O[C@@H]1CCN(C(=O)[C@]2(Sc3ccc(C)cc3)CC(=O)N(Cc3ccc(Br)cc3)[C@H]2c2c[nH]c3cc(Cl)ccc23)C1. The molecule has 3 aromatic carbocycles. The number of carbonyl (C=O) groups is 3. The van der Waals surface area contributed by atoms with Crippen molar-refractivity contribution in [3.8, 4) is 0 Å². The Balaban J connectivity index is 1.48. The molecule has 0 radical (unpaired) electrons. The van der Waals surface area contributed by atoms with E-state index in [1.165, 1.54) is 18.8 Å². The number of H-pyrrole nitrogens is 1. The van der Waals surface area contributed by atoms with Gasteiger partial charge < -0.3 is 24.8 Å². The van der Waals surface area contributed by atoms with Crippen LogP contribution in [-0.4, -0.2) is 63.7 Å². The largest absolute Gasteiger partial charge is 0.444 e. The van der Waals surface area contributed by atoms with Gasteiger partial charge in [-0.1, -0.05) is 63.4 Å². The number of likely N-dealkylation sites (tertiary alicyclic amines) is 2. The van der Waals surface area contributed by atoms with E-state index in [2.05, 4.69) is 26.2 Å². The summed E-state index contributed by atoms with van der Waals surface area (Å²) in [6.45, 7) is 3.04. The zero-order valence-corrected chi connectivity index (χ0v) is 27.5. The van der Waals surface area contributed by atoms with Gasteiger partial charge in [-0.2, -0.15) is 0 Å². The summed E-state index contributed by atoms with van der Waals surface area (Å²) in [7, 11) is 1.51. The number of aryl methyl sites for hydroxylation is 1. The number of ether oxygens (including phenoxy) is 1. The highest BCUT2D eigenvalue weighted by Crippen LogP contribution is 2.55. The van der Waals surface area contributed by atoms with Crippen LogP contribution >= 0.6 is 39.3 Å². The van der Waals surface area contributed by atoms with Crippen molar-refractivity contribution in [1.29, 1.82) is 0 Å². The van der Waals surface area contributed by atoms with Gasteiger partial charge in [-0.05, 0) is 48.9 Å². The average molecular weight is 696 g/mol. The number of hydrogen-bond donors (Lipinski definition) is 2. The van der Waals surface area contributed by atoms with E-state index >= 15 is 0 Å². The average Bonchev–Trinajstić information content (AvgIpc) is 3.71. The molecule has 11 heteroatoms. The third kappa shape index (κ3) is 5.95. The van der Waals surface area contributed by atoms with Crippen molar-refractivity contribution < 1.29 is 19.1 Å². The number of carbonyl (C=O) groups excluding carboxylic acids is 3. The van der Waals surface area contributed by atoms with E-state index in [4.69, 9.17) is 16.3 Å². The summed E-state index contributed by atoms with van der Waals surface area (Å²) < 4.78 is 5.27. The molecule has 228 valence electrons. The molecular weight excluding hydrogens is 664 g/mol. The van der Waals surface area contributed by atoms with Gasteiger partial charge in [0, 0.05) is 63.6 Å². The number of alkyl carbamates (subject to hydrolysis) is 1. The third-order valence-corrected chi connectivity index (χ3v) is 10.5. The minimum absolute atomic E-state index is 0.0172. The first-order valence-electron chi connectivity index (χ1n) is 14.4. The summed E-state index contributed by atoms with van der Waals surface area (Å²) in [6.07, 6.45) is 1.49. The number of hydrogen-bond acceptors (Lipinski definition) is 5. The van der Waals surface area contributed by atoms with Gasteiger partial charge in [-0.25, -0.2) is 4.79 Å². The standard InChI is InChI=1S/C33H32BrClN4O4S/c1-20-3-10-25(11-4-20)44-33(31(41)38-14-13-24(19-38)43-32(42)36-2)16-29(40)39(18-21-5-7-22(34)8-6-21)30(33)27-17-37-28-15-23(35)9-12-26(27)28/h3-12,15,17,24,30,37H,13-14,16,18-19H2,1-2H3,(H,36,42)/t24-,30+,33+/m1/s1. The van der Waals surface area contributed by atoms with E-state index in [9.17, 15) is 14.4 Å². The summed E-state index contributed by atoms with van der Waals surface area (Å²) >= 11 is 11.3. The number of nitrogens with zero attached hydrogens (tertiary/aromatic N) is 2. The van der Waals surface area contributed by atoms with E-state index in [1.54, 1.807) is 4.90 Å². The van der Waals surface area contributed by atoms with Crippen molar-refractivity contribution in [1.82, 2.24) is 20.1 Å². The second-order valence-electron chi connectivity index (χ2n) is 11.3. The molecule has 3 heterocycles. The smallest absolute Gasteiger partial charge is 0.407 e. The second-order valence-corrected chi connectivity index (χ2v) is 14.0. The summed E-state index contributed by atoms with van der Waals surface area (Å²) in [5.74, 6) is -0.252. The molecule has 2 saturated heterocycles. The Morgan fingerprint density at radius 1 is 1.14 bits per heavy atom. The molecule has 0 spiro atoms. The fourth-order valence-electron chi connectivity index (χ4n) is 6.18. The highest BCUT2D eigenvalue weighted by Gasteiger charge is 2.60. The molecule has 0 bridgehead atoms. The molecule has 3 atom stereocenters. The van der Waals surface area contributed by atoms with Gasteiger partial charge in [-0.3, -0.25) is 9.59 Å². The number of nitrogens with one attached hydrogen (secondary N) is 2. The molecule has 3 amide bonds. The van der Waals surface area contributed by atoms with Crippen molar-refractivity contribution in [3.05, 3.63) is 99.1 Å². The molecule has 0 saturated carbocycles. The Bertz CT molecular complexity index is 1710. The van der Waals surface area contributed by atoms with E-state index in [0.717, 1.165) is 37.0 Å². The Morgan fingerprint density at radius 2 is 1.89 bits per heavy atom. The summed E-state index contributed by atoms with van der Waals surface area (Å²) in [5, 5.41) is 3.98. The number of halogens is 2. The van der Waals surface area contributed by atoms with Crippen molar-refractivity contribution in [2.75, 3.05) is 20.1 Å². The zero-order chi connectivity index (χ0) is 31.0. The van der Waals surface area contributed by atoms with Crippen LogP contribution in [0.4, 0.5) is 4.79 Å². The fraction of sp³-hybridized carbons (Fsp3) is 0.303. The number of amides is 3. The van der Waals surface area contributed by atoms with Crippen LogP contribution in [0.15, 0.2) is 82.3 Å². The van der Waals surface area contributed by atoms with Gasteiger partial charge in [0.15, 0.2) is 0 Å². The lowest BCUT2D eigenvalue weighted by atomic mass is 9.90. The number of thioether (sulfide) groups is 1. The molecule has 4 aromatic rings. The first-order valence-corrected chi connectivity index (χ1v) is 16.4. The first kappa shape index (κ1) is 30.6. The number of rotatable bonds is 7. The van der Waals surface area contributed by atoms with Crippen molar-refractivity contribution >= 4 is 68.1 Å².